The average Bonchev–Trinajstić information content (AvgIpc) is 2.52. The minimum Gasteiger partial charge on any atom is -0.491 e. The summed E-state index contributed by atoms with van der Waals surface area (Å²) in [5.74, 6) is -0.0146. The van der Waals surface area contributed by atoms with E-state index in [1.165, 1.54) is 24.3 Å². The number of aliphatic hydroxyl groups excluding tert-OH is 1. The molecule has 0 saturated carbocycles. The number of hydrogen-bond donors (Lipinski definition) is 2. The molecule has 0 radical (unpaired) electrons. The normalized spacial score (nSPS) is 12.8. The third kappa shape index (κ3) is 5.24. The number of aromatic nitrogens is 1. The lowest BCUT2D eigenvalue weighted by Crippen LogP contribution is -2.26. The van der Waals surface area contributed by atoms with Crippen LogP contribution in [0.15, 0.2) is 36.5 Å². The number of nitrogens with zero attached hydrogens (tertiary/aromatic N) is 1. The van der Waals surface area contributed by atoms with E-state index in [2.05, 4.69) is 10.3 Å². The zero-order valence-electron chi connectivity index (χ0n) is 12.1. The van der Waals surface area contributed by atoms with Crippen LogP contribution in [0.1, 0.15) is 5.56 Å². The van der Waals surface area contributed by atoms with Crippen molar-refractivity contribution in [2.75, 3.05) is 18.5 Å². The predicted molar refractivity (Wildman–Crippen MR) is 80.6 cm³/mol. The van der Waals surface area contributed by atoms with E-state index in [0.717, 1.165) is 6.07 Å². The van der Waals surface area contributed by atoms with Crippen LogP contribution in [0.25, 0.3) is 0 Å². The van der Waals surface area contributed by atoms with Crippen molar-refractivity contribution in [3.05, 3.63) is 52.9 Å². The number of halogens is 5. The second-order valence-electron chi connectivity index (χ2n) is 4.85. The van der Waals surface area contributed by atoms with Gasteiger partial charge >= 0.3 is 6.18 Å². The Hall–Kier alpha value is -2.06. The Bertz CT molecular complexity index is 680. The summed E-state index contributed by atoms with van der Waals surface area (Å²) in [5, 5.41) is 12.2. The first-order chi connectivity index (χ1) is 11.3. The third-order valence-corrected chi connectivity index (χ3v) is 3.22. The molecule has 0 aliphatic carbocycles. The molecule has 130 valence electrons. The van der Waals surface area contributed by atoms with Gasteiger partial charge in [-0.25, -0.2) is 9.37 Å². The summed E-state index contributed by atoms with van der Waals surface area (Å²) in [6, 6.07) is 5.99. The molecule has 0 aliphatic heterocycles. The number of ether oxygens (including phenoxy) is 1. The molecule has 1 heterocycles. The van der Waals surface area contributed by atoms with Gasteiger partial charge in [0.15, 0.2) is 0 Å². The van der Waals surface area contributed by atoms with Crippen LogP contribution in [-0.4, -0.2) is 29.3 Å². The molecule has 24 heavy (non-hydrogen) atoms. The molecule has 2 rings (SSSR count). The van der Waals surface area contributed by atoms with Crippen LogP contribution in [0.5, 0.6) is 5.75 Å². The molecule has 0 fully saturated rings. The molecule has 9 heteroatoms. The molecule has 2 N–H and O–H groups in total. The lowest BCUT2D eigenvalue weighted by Gasteiger charge is -2.15. The summed E-state index contributed by atoms with van der Waals surface area (Å²) in [7, 11) is 0. The number of pyridine rings is 1. The fourth-order valence-electron chi connectivity index (χ4n) is 1.72. The summed E-state index contributed by atoms with van der Waals surface area (Å²) in [5.41, 5.74) is -0.960. The Labute approximate surface area is 140 Å². The number of rotatable bonds is 6. The largest absolute Gasteiger partial charge is 0.491 e. The first kappa shape index (κ1) is 18.3. The molecule has 0 spiro atoms. The van der Waals surface area contributed by atoms with Crippen molar-refractivity contribution in [3.63, 3.8) is 0 Å². The first-order valence-corrected chi connectivity index (χ1v) is 7.16. The van der Waals surface area contributed by atoms with Crippen molar-refractivity contribution in [2.24, 2.45) is 0 Å². The molecule has 1 aromatic heterocycles. The van der Waals surface area contributed by atoms with E-state index in [9.17, 15) is 22.7 Å². The van der Waals surface area contributed by atoms with Gasteiger partial charge in [0.25, 0.3) is 0 Å². The number of nitrogens with one attached hydrogen (secondary N) is 1. The van der Waals surface area contributed by atoms with Gasteiger partial charge in [-0.3, -0.25) is 0 Å². The highest BCUT2D eigenvalue weighted by Gasteiger charge is 2.31. The summed E-state index contributed by atoms with van der Waals surface area (Å²) >= 11 is 5.73. The first-order valence-electron chi connectivity index (χ1n) is 6.79. The minimum absolute atomic E-state index is 0.0190. The van der Waals surface area contributed by atoms with Gasteiger partial charge in [0.1, 0.15) is 30.1 Å². The molecule has 0 bridgehead atoms. The van der Waals surface area contributed by atoms with Crippen LogP contribution in [-0.2, 0) is 6.18 Å². The van der Waals surface area contributed by atoms with E-state index in [1.807, 2.05) is 0 Å². The fourth-order valence-corrected chi connectivity index (χ4v) is 1.95. The number of hydrogen-bond acceptors (Lipinski definition) is 4. The molecule has 0 aliphatic rings. The number of anilines is 1. The van der Waals surface area contributed by atoms with Gasteiger partial charge in [-0.1, -0.05) is 11.6 Å². The van der Waals surface area contributed by atoms with E-state index in [0.29, 0.717) is 11.9 Å². The van der Waals surface area contributed by atoms with E-state index in [1.54, 1.807) is 0 Å². The van der Waals surface area contributed by atoms with Gasteiger partial charge in [0.05, 0.1) is 10.6 Å². The maximum atomic E-state index is 12.7. The highest BCUT2D eigenvalue weighted by Crippen LogP contribution is 2.32. The van der Waals surface area contributed by atoms with Crippen molar-refractivity contribution in [1.29, 1.82) is 0 Å². The van der Waals surface area contributed by atoms with Crippen molar-refractivity contribution in [3.8, 4) is 5.75 Å². The Balaban J connectivity index is 1.85. The molecular weight excluding hydrogens is 352 g/mol. The standard InChI is InChI=1S/C15H13ClF4N2O2/c16-13-5-9(15(18,19)20)6-21-14(13)22-7-11(23)8-24-12-3-1-10(17)2-4-12/h1-6,11,23H,7-8H2,(H,21,22)/t11-/m0/s1. The van der Waals surface area contributed by atoms with Gasteiger partial charge in [-0.2, -0.15) is 13.2 Å². The lowest BCUT2D eigenvalue weighted by molar-refractivity contribution is -0.137. The molecular formula is C15H13ClF4N2O2. The molecule has 0 amide bonds. The number of benzene rings is 1. The SMILES string of the molecule is O[C@@H](CNc1ncc(C(F)(F)F)cc1Cl)COc1ccc(F)cc1. The lowest BCUT2D eigenvalue weighted by atomic mass is 10.2. The summed E-state index contributed by atoms with van der Waals surface area (Å²) < 4.78 is 55.5. The Morgan fingerprint density at radius 2 is 1.92 bits per heavy atom. The molecule has 1 atom stereocenters. The van der Waals surface area contributed by atoms with Crippen molar-refractivity contribution >= 4 is 17.4 Å². The van der Waals surface area contributed by atoms with Gasteiger partial charge in [0.2, 0.25) is 0 Å². The Morgan fingerprint density at radius 1 is 1.25 bits per heavy atom. The summed E-state index contributed by atoms with van der Waals surface area (Å²) in [6.45, 7) is -0.143. The average molecular weight is 365 g/mol. The monoisotopic (exact) mass is 364 g/mol. The highest BCUT2D eigenvalue weighted by atomic mass is 35.5. The van der Waals surface area contributed by atoms with Crippen LogP contribution in [0.2, 0.25) is 5.02 Å². The summed E-state index contributed by atoms with van der Waals surface area (Å²) in [6.07, 6.45) is -4.86. The number of aliphatic hydroxyl groups is 1. The second kappa shape index (κ2) is 7.67. The fraction of sp³-hybridized carbons (Fsp3) is 0.267. The summed E-state index contributed by atoms with van der Waals surface area (Å²) in [4.78, 5) is 3.59. The van der Waals surface area contributed by atoms with E-state index >= 15 is 0 Å². The molecule has 0 saturated heterocycles. The molecule has 1 aromatic carbocycles. The maximum Gasteiger partial charge on any atom is 0.417 e. The van der Waals surface area contributed by atoms with Crippen LogP contribution >= 0.6 is 11.6 Å². The molecule has 0 unspecified atom stereocenters. The van der Waals surface area contributed by atoms with Gasteiger partial charge in [0, 0.05) is 12.7 Å². The molecule has 2 aromatic rings. The number of alkyl halides is 3. The zero-order chi connectivity index (χ0) is 17.7. The van der Waals surface area contributed by atoms with Crippen molar-refractivity contribution in [2.45, 2.75) is 12.3 Å². The topological polar surface area (TPSA) is 54.4 Å². The van der Waals surface area contributed by atoms with Crippen LogP contribution < -0.4 is 10.1 Å². The minimum atomic E-state index is -4.53. The van der Waals surface area contributed by atoms with Crippen LogP contribution in [0.4, 0.5) is 23.4 Å². The Morgan fingerprint density at radius 3 is 2.50 bits per heavy atom. The Kier molecular flexibility index (Phi) is 5.84. The zero-order valence-corrected chi connectivity index (χ0v) is 12.9. The molecule has 4 nitrogen and oxygen atoms in total. The van der Waals surface area contributed by atoms with E-state index in [-0.39, 0.29) is 24.0 Å². The van der Waals surface area contributed by atoms with Crippen LogP contribution in [0.3, 0.4) is 0 Å². The van der Waals surface area contributed by atoms with Gasteiger partial charge in [-0.05, 0) is 30.3 Å². The predicted octanol–water partition coefficient (Wildman–Crippen LogP) is 3.74. The third-order valence-electron chi connectivity index (χ3n) is 2.93. The smallest absolute Gasteiger partial charge is 0.417 e. The van der Waals surface area contributed by atoms with Crippen molar-refractivity contribution in [1.82, 2.24) is 4.98 Å². The van der Waals surface area contributed by atoms with E-state index < -0.39 is 23.7 Å². The van der Waals surface area contributed by atoms with Crippen molar-refractivity contribution < 1.29 is 27.4 Å². The second-order valence-corrected chi connectivity index (χ2v) is 5.26. The maximum absolute atomic E-state index is 12.7. The van der Waals surface area contributed by atoms with Gasteiger partial charge < -0.3 is 15.2 Å². The quantitative estimate of drug-likeness (QED) is 0.767. The van der Waals surface area contributed by atoms with E-state index in [4.69, 9.17) is 16.3 Å². The highest BCUT2D eigenvalue weighted by molar-refractivity contribution is 6.32. The van der Waals surface area contributed by atoms with Crippen LogP contribution in [0, 0.1) is 5.82 Å². The van der Waals surface area contributed by atoms with Gasteiger partial charge in [-0.15, -0.1) is 0 Å².